The summed E-state index contributed by atoms with van der Waals surface area (Å²) in [5.41, 5.74) is 0. The van der Waals surface area contributed by atoms with E-state index in [1.807, 2.05) is 0 Å². The Labute approximate surface area is 634 Å². The fraction of sp³-hybridized carbons (Fsp3) is 0.788. The van der Waals surface area contributed by atoms with Crippen LogP contribution in [0, 0.1) is 0 Å². The Morgan fingerprint density at radius 1 is 0.279 bits per heavy atom. The van der Waals surface area contributed by atoms with Crippen molar-refractivity contribution in [1.29, 1.82) is 0 Å². The van der Waals surface area contributed by atoms with Gasteiger partial charge in [0.05, 0.1) is 26.4 Å². The molecule has 0 aliphatic carbocycles. The molecule has 604 valence electrons. The van der Waals surface area contributed by atoms with E-state index in [1.54, 1.807) is 0 Å². The van der Waals surface area contributed by atoms with Gasteiger partial charge in [0.15, 0.2) is 12.2 Å². The second kappa shape index (κ2) is 77.4. The zero-order valence-corrected chi connectivity index (χ0v) is 68.0. The van der Waals surface area contributed by atoms with Crippen LogP contribution in [0.4, 0.5) is 0 Å². The highest BCUT2D eigenvalue weighted by molar-refractivity contribution is 7.47. The van der Waals surface area contributed by atoms with Crippen molar-refractivity contribution >= 4 is 39.5 Å². The van der Waals surface area contributed by atoms with Crippen LogP contribution in [0.15, 0.2) is 85.1 Å². The van der Waals surface area contributed by atoms with Gasteiger partial charge < -0.3 is 33.8 Å². The van der Waals surface area contributed by atoms with Crippen LogP contribution in [-0.2, 0) is 65.4 Å². The van der Waals surface area contributed by atoms with E-state index in [4.69, 9.17) is 37.0 Å². The third-order valence-electron chi connectivity index (χ3n) is 17.9. The third-order valence-corrected chi connectivity index (χ3v) is 19.8. The van der Waals surface area contributed by atoms with Crippen LogP contribution in [0.1, 0.15) is 374 Å². The zero-order chi connectivity index (χ0) is 76.0. The Bertz CT molecular complexity index is 2300. The van der Waals surface area contributed by atoms with Crippen LogP contribution < -0.4 is 0 Å². The van der Waals surface area contributed by atoms with E-state index in [1.165, 1.54) is 116 Å². The van der Waals surface area contributed by atoms with Gasteiger partial charge in [0.2, 0.25) is 0 Å². The van der Waals surface area contributed by atoms with Crippen molar-refractivity contribution < 1.29 is 80.2 Å². The number of rotatable bonds is 79. The Morgan fingerprint density at radius 2 is 0.500 bits per heavy atom. The predicted molar refractivity (Wildman–Crippen MR) is 427 cm³/mol. The van der Waals surface area contributed by atoms with Gasteiger partial charge in [-0.3, -0.25) is 37.3 Å². The molecular weight excluding hydrogens is 1350 g/mol. The minimum atomic E-state index is -4.98. The van der Waals surface area contributed by atoms with Gasteiger partial charge in [-0.05, 0) is 96.3 Å². The normalized spacial score (nSPS) is 14.3. The summed E-state index contributed by atoms with van der Waals surface area (Å²) in [7, 11) is -9.95. The van der Waals surface area contributed by atoms with Crippen molar-refractivity contribution in [3.05, 3.63) is 85.1 Å². The minimum Gasteiger partial charge on any atom is -0.462 e. The van der Waals surface area contributed by atoms with Gasteiger partial charge in [0, 0.05) is 25.7 Å². The lowest BCUT2D eigenvalue weighted by Crippen LogP contribution is -2.30. The van der Waals surface area contributed by atoms with Gasteiger partial charge in [-0.25, -0.2) is 9.13 Å². The molecule has 5 unspecified atom stereocenters. The number of aliphatic hydroxyl groups is 1. The van der Waals surface area contributed by atoms with Crippen LogP contribution >= 0.6 is 15.6 Å². The number of carbonyl (C=O) groups excluding carboxylic acids is 4. The molecule has 0 radical (unpaired) electrons. The Balaban J connectivity index is 5.32. The van der Waals surface area contributed by atoms with E-state index in [2.05, 4.69) is 113 Å². The van der Waals surface area contributed by atoms with Gasteiger partial charge >= 0.3 is 39.5 Å². The lowest BCUT2D eigenvalue weighted by molar-refractivity contribution is -0.161. The molecule has 0 saturated heterocycles. The van der Waals surface area contributed by atoms with Gasteiger partial charge in [0.25, 0.3) is 0 Å². The molecule has 0 amide bonds. The minimum absolute atomic E-state index is 0.0964. The molecule has 0 spiro atoms. The summed E-state index contributed by atoms with van der Waals surface area (Å²) in [4.78, 5) is 73.1. The standard InChI is InChI=1S/C85H152O17P2/c1-5-9-13-17-21-25-29-33-36-38-39-41-44-47-50-54-58-62-66-70-83(88)95-75-80(101-84(89)71-67-63-59-55-51-45-32-28-24-20-16-12-8-4)77-99-103(91,92)97-73-79(86)74-98-104(93,94)100-78-81(102-85(90)72-68-64-60-56-52-48-42-35-31-27-23-19-15-11-7-3)76-96-82(87)69-65-61-57-53-49-46-43-40-37-34-30-26-22-18-14-10-6-2/h9-10,13-14,21-22,25-26,33-34,36-37,39,41,79-81,86H,5-8,11-12,15-20,23-24,27-32,35,38,40,42-78H2,1-4H3,(H,91,92)(H,93,94)/b13-9-,14-10-,25-21-,26-22-,36-33-,37-34-,41-39-. The van der Waals surface area contributed by atoms with Crippen molar-refractivity contribution in [2.45, 2.75) is 393 Å². The molecule has 0 fully saturated rings. The van der Waals surface area contributed by atoms with Crippen molar-refractivity contribution in [3.63, 3.8) is 0 Å². The van der Waals surface area contributed by atoms with Gasteiger partial charge in [0.1, 0.15) is 19.3 Å². The highest BCUT2D eigenvalue weighted by atomic mass is 31.2. The molecule has 5 atom stereocenters. The van der Waals surface area contributed by atoms with E-state index in [0.717, 1.165) is 180 Å². The SMILES string of the molecule is CC/C=C\C/C=C\C/C=C\C/C=C\CCCCCCCCC(=O)OCC(COP(=O)(O)OCC(O)COP(=O)(O)OCC(COC(=O)CCCCCCCCC/C=C\C/C=C\C/C=C\CC)OC(=O)CCCCCCCCCCCCCCCCC)OC(=O)CCCCCCCCCCCCCCC. The molecule has 104 heavy (non-hydrogen) atoms. The second-order valence-electron chi connectivity index (χ2n) is 28.0. The van der Waals surface area contributed by atoms with Crippen LogP contribution in [0.3, 0.4) is 0 Å². The number of ether oxygens (including phenoxy) is 4. The monoisotopic (exact) mass is 1510 g/mol. The summed E-state index contributed by atoms with van der Waals surface area (Å²) >= 11 is 0. The Hall–Kier alpha value is -3.76. The first-order chi connectivity index (χ1) is 50.7. The van der Waals surface area contributed by atoms with Gasteiger partial charge in [-0.1, -0.05) is 337 Å². The first-order valence-electron chi connectivity index (χ1n) is 41.8. The fourth-order valence-corrected chi connectivity index (χ4v) is 13.2. The lowest BCUT2D eigenvalue weighted by Gasteiger charge is -2.21. The first-order valence-corrected chi connectivity index (χ1v) is 44.8. The number of hydrogen-bond donors (Lipinski definition) is 3. The maximum absolute atomic E-state index is 13.1. The van der Waals surface area contributed by atoms with Gasteiger partial charge in [-0.15, -0.1) is 0 Å². The molecule has 19 heteroatoms. The molecule has 0 rings (SSSR count). The predicted octanol–water partition coefficient (Wildman–Crippen LogP) is 24.6. The van der Waals surface area contributed by atoms with E-state index in [0.29, 0.717) is 25.7 Å². The molecule has 0 aliphatic heterocycles. The molecule has 0 aromatic carbocycles. The maximum Gasteiger partial charge on any atom is 0.472 e. The molecule has 0 saturated carbocycles. The number of phosphoric acid groups is 2. The van der Waals surface area contributed by atoms with E-state index < -0.39 is 97.5 Å². The van der Waals surface area contributed by atoms with E-state index in [-0.39, 0.29) is 25.7 Å². The summed E-state index contributed by atoms with van der Waals surface area (Å²) in [6.45, 7) is 4.71. The summed E-state index contributed by atoms with van der Waals surface area (Å²) in [6.07, 6.45) is 81.1. The molecule has 0 bridgehead atoms. The van der Waals surface area contributed by atoms with Crippen molar-refractivity contribution in [2.75, 3.05) is 39.6 Å². The summed E-state index contributed by atoms with van der Waals surface area (Å²) in [5, 5.41) is 10.7. The summed E-state index contributed by atoms with van der Waals surface area (Å²) in [5.74, 6) is -2.17. The second-order valence-corrected chi connectivity index (χ2v) is 30.9. The number of unbranched alkanes of at least 4 members (excludes halogenated alkanes) is 39. The average Bonchev–Trinajstić information content (AvgIpc) is 0.939. The van der Waals surface area contributed by atoms with Crippen LogP contribution in [0.2, 0.25) is 0 Å². The van der Waals surface area contributed by atoms with Crippen molar-refractivity contribution in [2.24, 2.45) is 0 Å². The van der Waals surface area contributed by atoms with Crippen LogP contribution in [0.5, 0.6) is 0 Å². The molecular formula is C85H152O17P2. The highest BCUT2D eigenvalue weighted by Crippen LogP contribution is 2.45. The third kappa shape index (κ3) is 76.4. The first kappa shape index (κ1) is 100. The number of carbonyl (C=O) groups is 4. The van der Waals surface area contributed by atoms with Crippen LogP contribution in [0.25, 0.3) is 0 Å². The highest BCUT2D eigenvalue weighted by Gasteiger charge is 2.30. The fourth-order valence-electron chi connectivity index (χ4n) is 11.6. The molecule has 3 N–H and O–H groups in total. The van der Waals surface area contributed by atoms with E-state index in [9.17, 15) is 43.2 Å². The van der Waals surface area contributed by atoms with Gasteiger partial charge in [-0.2, -0.15) is 0 Å². The van der Waals surface area contributed by atoms with Crippen molar-refractivity contribution in [1.82, 2.24) is 0 Å². The molecule has 0 aromatic heterocycles. The Kier molecular flexibility index (Phi) is 74.6. The number of aliphatic hydroxyl groups excluding tert-OH is 1. The largest absolute Gasteiger partial charge is 0.472 e. The number of hydrogen-bond acceptors (Lipinski definition) is 15. The number of esters is 4. The summed E-state index contributed by atoms with van der Waals surface area (Å²) in [6, 6.07) is 0. The number of allylic oxidation sites excluding steroid dienone is 14. The maximum atomic E-state index is 13.1. The van der Waals surface area contributed by atoms with Crippen molar-refractivity contribution in [3.8, 4) is 0 Å². The molecule has 0 heterocycles. The average molecular weight is 1510 g/mol. The quantitative estimate of drug-likeness (QED) is 0.0169. The van der Waals surface area contributed by atoms with E-state index >= 15 is 0 Å². The lowest BCUT2D eigenvalue weighted by atomic mass is 10.0. The molecule has 17 nitrogen and oxygen atoms in total. The van der Waals surface area contributed by atoms with Crippen LogP contribution in [-0.4, -0.2) is 96.7 Å². The zero-order valence-electron chi connectivity index (χ0n) is 66.2. The number of phosphoric ester groups is 2. The topological polar surface area (TPSA) is 237 Å². The smallest absolute Gasteiger partial charge is 0.462 e. The Morgan fingerprint density at radius 3 is 0.769 bits per heavy atom. The molecule has 0 aliphatic rings. The molecule has 0 aromatic rings. The summed E-state index contributed by atoms with van der Waals surface area (Å²) < 4.78 is 68.8.